The van der Waals surface area contributed by atoms with E-state index in [2.05, 4.69) is 27.3 Å². The molecule has 0 bridgehead atoms. The van der Waals surface area contributed by atoms with Gasteiger partial charge in [-0.3, -0.25) is 0 Å². The van der Waals surface area contributed by atoms with E-state index >= 15 is 0 Å². The summed E-state index contributed by atoms with van der Waals surface area (Å²) in [5.74, 6) is 1.57. The monoisotopic (exact) mass is 250 g/mol. The Bertz CT molecular complexity index is 397. The number of aromatic nitrogens is 2. The van der Waals surface area contributed by atoms with E-state index in [4.69, 9.17) is 4.52 Å². The first-order valence-corrected chi connectivity index (χ1v) is 7.10. The van der Waals surface area contributed by atoms with Gasteiger partial charge in [0.05, 0.1) is 0 Å². The zero-order valence-electron chi connectivity index (χ0n) is 11.1. The highest BCUT2D eigenvalue weighted by atomic mass is 16.5. The lowest BCUT2D eigenvalue weighted by Gasteiger charge is -2.39. The fourth-order valence-corrected chi connectivity index (χ4v) is 3.21. The van der Waals surface area contributed by atoms with Crippen LogP contribution in [0.2, 0.25) is 0 Å². The molecule has 2 aliphatic rings. The molecule has 1 atom stereocenters. The van der Waals surface area contributed by atoms with Crippen LogP contribution in [0.5, 0.6) is 0 Å². The summed E-state index contributed by atoms with van der Waals surface area (Å²) in [6.07, 6.45) is 5.78. The molecule has 0 saturated carbocycles. The van der Waals surface area contributed by atoms with Crippen molar-refractivity contribution in [2.75, 3.05) is 31.1 Å². The van der Waals surface area contributed by atoms with Crippen molar-refractivity contribution >= 4 is 5.95 Å². The van der Waals surface area contributed by atoms with E-state index in [1.54, 1.807) is 0 Å². The second-order valence-corrected chi connectivity index (χ2v) is 5.69. The van der Waals surface area contributed by atoms with Crippen LogP contribution in [-0.4, -0.2) is 36.3 Å². The van der Waals surface area contributed by atoms with Crippen LogP contribution < -0.4 is 10.2 Å². The lowest BCUT2D eigenvalue weighted by atomic mass is 9.79. The topological polar surface area (TPSA) is 54.2 Å². The van der Waals surface area contributed by atoms with Gasteiger partial charge in [-0.2, -0.15) is 4.98 Å². The van der Waals surface area contributed by atoms with E-state index in [-0.39, 0.29) is 0 Å². The normalized spacial score (nSPS) is 28.2. The first-order chi connectivity index (χ1) is 8.81. The van der Waals surface area contributed by atoms with Gasteiger partial charge in [-0.05, 0) is 37.4 Å². The maximum Gasteiger partial charge on any atom is 0.266 e. The number of piperidine rings is 1. The van der Waals surface area contributed by atoms with Crippen molar-refractivity contribution in [2.45, 2.75) is 39.0 Å². The molecular weight excluding hydrogens is 228 g/mol. The summed E-state index contributed by atoms with van der Waals surface area (Å²) < 4.78 is 5.29. The Kier molecular flexibility index (Phi) is 3.24. The zero-order chi connectivity index (χ0) is 12.4. The zero-order valence-corrected chi connectivity index (χ0v) is 11.1. The SMILES string of the molecule is CCCc1nc(N2CCC[C@@]3(CCNC3)C2)no1. The van der Waals surface area contributed by atoms with Crippen LogP contribution in [0.3, 0.4) is 0 Å². The number of nitrogens with one attached hydrogen (secondary N) is 1. The standard InChI is InChI=1S/C13H22N4O/c1-2-4-11-15-12(16-18-11)17-8-3-5-13(10-17)6-7-14-9-13/h14H,2-10H2,1H3/t13-/m0/s1. The average Bonchev–Trinajstić information content (AvgIpc) is 3.00. The summed E-state index contributed by atoms with van der Waals surface area (Å²) >= 11 is 0. The Morgan fingerprint density at radius 1 is 1.44 bits per heavy atom. The molecule has 2 fully saturated rings. The molecule has 100 valence electrons. The summed E-state index contributed by atoms with van der Waals surface area (Å²) in [4.78, 5) is 6.81. The Hall–Kier alpha value is -1.10. The number of hydrogen-bond acceptors (Lipinski definition) is 5. The summed E-state index contributed by atoms with van der Waals surface area (Å²) in [6.45, 7) is 6.56. The van der Waals surface area contributed by atoms with Crippen LogP contribution in [0.25, 0.3) is 0 Å². The second kappa shape index (κ2) is 4.88. The Balaban J connectivity index is 1.71. The highest BCUT2D eigenvalue weighted by molar-refractivity contribution is 5.30. The van der Waals surface area contributed by atoms with Crippen molar-refractivity contribution in [2.24, 2.45) is 5.41 Å². The van der Waals surface area contributed by atoms with Gasteiger partial charge in [-0.15, -0.1) is 0 Å². The molecular formula is C13H22N4O. The molecule has 0 unspecified atom stereocenters. The molecule has 0 aromatic carbocycles. The fraction of sp³-hybridized carbons (Fsp3) is 0.846. The first kappa shape index (κ1) is 12.0. The van der Waals surface area contributed by atoms with Gasteiger partial charge in [0.25, 0.3) is 5.95 Å². The van der Waals surface area contributed by atoms with Crippen molar-refractivity contribution in [3.8, 4) is 0 Å². The van der Waals surface area contributed by atoms with Crippen LogP contribution in [0, 0.1) is 5.41 Å². The predicted molar refractivity (Wildman–Crippen MR) is 69.7 cm³/mol. The molecule has 3 rings (SSSR count). The molecule has 0 amide bonds. The molecule has 1 N–H and O–H groups in total. The third-order valence-corrected chi connectivity index (χ3v) is 4.20. The van der Waals surface area contributed by atoms with Gasteiger partial charge in [0.15, 0.2) is 0 Å². The lowest BCUT2D eigenvalue weighted by molar-refractivity contribution is 0.257. The first-order valence-electron chi connectivity index (χ1n) is 7.10. The molecule has 3 heterocycles. The average molecular weight is 250 g/mol. The Labute approximate surface area is 108 Å². The third-order valence-electron chi connectivity index (χ3n) is 4.20. The number of aryl methyl sites for hydroxylation is 1. The summed E-state index contributed by atoms with van der Waals surface area (Å²) in [5.41, 5.74) is 0.448. The van der Waals surface area contributed by atoms with Gasteiger partial charge in [-0.25, -0.2) is 0 Å². The van der Waals surface area contributed by atoms with Crippen LogP contribution in [0.4, 0.5) is 5.95 Å². The van der Waals surface area contributed by atoms with Gasteiger partial charge in [0.2, 0.25) is 5.89 Å². The summed E-state index contributed by atoms with van der Waals surface area (Å²) in [6, 6.07) is 0. The molecule has 0 aliphatic carbocycles. The predicted octanol–water partition coefficient (Wildman–Crippen LogP) is 1.60. The molecule has 0 radical (unpaired) electrons. The van der Waals surface area contributed by atoms with Crippen molar-refractivity contribution in [3.05, 3.63) is 5.89 Å². The molecule has 5 nitrogen and oxygen atoms in total. The minimum Gasteiger partial charge on any atom is -0.338 e. The largest absolute Gasteiger partial charge is 0.338 e. The van der Waals surface area contributed by atoms with Crippen LogP contribution >= 0.6 is 0 Å². The van der Waals surface area contributed by atoms with Crippen LogP contribution in [0.1, 0.15) is 38.5 Å². The van der Waals surface area contributed by atoms with Gasteiger partial charge in [-0.1, -0.05) is 6.92 Å². The number of hydrogen-bond donors (Lipinski definition) is 1. The third kappa shape index (κ3) is 2.23. The minimum absolute atomic E-state index is 0.448. The maximum absolute atomic E-state index is 5.29. The van der Waals surface area contributed by atoms with E-state index in [1.807, 2.05) is 0 Å². The van der Waals surface area contributed by atoms with Crippen LogP contribution in [-0.2, 0) is 6.42 Å². The molecule has 1 spiro atoms. The van der Waals surface area contributed by atoms with Crippen molar-refractivity contribution in [1.82, 2.24) is 15.5 Å². The van der Waals surface area contributed by atoms with Gasteiger partial charge in [0, 0.05) is 31.5 Å². The van der Waals surface area contributed by atoms with E-state index in [1.165, 1.54) is 19.3 Å². The molecule has 5 heteroatoms. The quantitative estimate of drug-likeness (QED) is 0.883. The summed E-state index contributed by atoms with van der Waals surface area (Å²) in [7, 11) is 0. The smallest absolute Gasteiger partial charge is 0.266 e. The van der Waals surface area contributed by atoms with Crippen molar-refractivity contribution in [3.63, 3.8) is 0 Å². The number of anilines is 1. The van der Waals surface area contributed by atoms with Crippen LogP contribution in [0.15, 0.2) is 4.52 Å². The number of rotatable bonds is 3. The number of nitrogens with zero attached hydrogens (tertiary/aromatic N) is 3. The Morgan fingerprint density at radius 3 is 3.17 bits per heavy atom. The molecule has 1 aromatic heterocycles. The van der Waals surface area contributed by atoms with Gasteiger partial charge in [0.1, 0.15) is 0 Å². The summed E-state index contributed by atoms with van der Waals surface area (Å²) in [5, 5.41) is 7.62. The molecule has 1 aromatic rings. The Morgan fingerprint density at radius 2 is 2.39 bits per heavy atom. The van der Waals surface area contributed by atoms with Gasteiger partial charge < -0.3 is 14.7 Å². The lowest BCUT2D eigenvalue weighted by Crippen LogP contribution is -2.45. The van der Waals surface area contributed by atoms with E-state index in [0.29, 0.717) is 5.41 Å². The molecule has 18 heavy (non-hydrogen) atoms. The minimum atomic E-state index is 0.448. The maximum atomic E-state index is 5.29. The second-order valence-electron chi connectivity index (χ2n) is 5.69. The molecule has 2 saturated heterocycles. The van der Waals surface area contributed by atoms with E-state index < -0.39 is 0 Å². The highest BCUT2D eigenvalue weighted by Crippen LogP contribution is 2.36. The van der Waals surface area contributed by atoms with Crippen molar-refractivity contribution < 1.29 is 4.52 Å². The van der Waals surface area contributed by atoms with Crippen molar-refractivity contribution in [1.29, 1.82) is 0 Å². The van der Waals surface area contributed by atoms with E-state index in [9.17, 15) is 0 Å². The van der Waals surface area contributed by atoms with E-state index in [0.717, 1.165) is 50.9 Å². The molecule has 2 aliphatic heterocycles. The van der Waals surface area contributed by atoms with Gasteiger partial charge >= 0.3 is 0 Å². The highest BCUT2D eigenvalue weighted by Gasteiger charge is 2.38. The fourth-order valence-electron chi connectivity index (χ4n) is 3.21.